The molecule has 0 fully saturated rings. The second-order valence-corrected chi connectivity index (χ2v) is 3.35. The standard InChI is InChI=1S/C12H14N2.2HI/c1-13-8-6-3-7-12(13)11-14-9-4-2-5-10-14;;/h2-10H,11H2,1H3;2*1H/q+2;;/p-2. The Balaban J connectivity index is 0.00000112. The van der Waals surface area contributed by atoms with Crippen LogP contribution in [0.3, 0.4) is 0 Å². The first kappa shape index (κ1) is 15.8. The Morgan fingerprint density at radius 3 is 2.12 bits per heavy atom. The van der Waals surface area contributed by atoms with Crippen LogP contribution in [-0.4, -0.2) is 0 Å². The number of hydrogen-bond donors (Lipinski definition) is 0. The molecular weight excluding hydrogens is 426 g/mol. The van der Waals surface area contributed by atoms with Gasteiger partial charge in [-0.25, -0.2) is 0 Å². The number of aryl methyl sites for hydroxylation is 1. The Labute approximate surface area is 130 Å². The first-order chi connectivity index (χ1) is 6.86. The first-order valence-electron chi connectivity index (χ1n) is 4.74. The summed E-state index contributed by atoms with van der Waals surface area (Å²) in [6.07, 6.45) is 6.22. The second kappa shape index (κ2) is 7.94. The van der Waals surface area contributed by atoms with Crippen molar-refractivity contribution in [2.45, 2.75) is 6.54 Å². The smallest absolute Gasteiger partial charge is 0.247 e. The highest BCUT2D eigenvalue weighted by Gasteiger charge is 2.09. The zero-order valence-corrected chi connectivity index (χ0v) is 13.4. The lowest BCUT2D eigenvalue weighted by Crippen LogP contribution is -3.00. The van der Waals surface area contributed by atoms with Crippen LogP contribution in [0.1, 0.15) is 5.69 Å². The minimum Gasteiger partial charge on any atom is -1.00 e. The summed E-state index contributed by atoms with van der Waals surface area (Å²) in [5, 5.41) is 0. The van der Waals surface area contributed by atoms with Gasteiger partial charge in [0, 0.05) is 24.3 Å². The molecule has 2 aromatic heterocycles. The maximum atomic E-state index is 2.16. The summed E-state index contributed by atoms with van der Waals surface area (Å²) in [7, 11) is 2.07. The third kappa shape index (κ3) is 4.32. The molecule has 0 bridgehead atoms. The van der Waals surface area contributed by atoms with Crippen molar-refractivity contribution in [3.8, 4) is 0 Å². The molecule has 0 aromatic carbocycles. The largest absolute Gasteiger partial charge is 1.00 e. The molecule has 0 unspecified atom stereocenters. The fourth-order valence-corrected chi connectivity index (χ4v) is 1.45. The number of hydrogen-bond acceptors (Lipinski definition) is 0. The van der Waals surface area contributed by atoms with E-state index in [1.807, 2.05) is 24.3 Å². The molecule has 0 amide bonds. The van der Waals surface area contributed by atoms with Crippen LogP contribution < -0.4 is 57.1 Å². The normalized spacial score (nSPS) is 8.81. The van der Waals surface area contributed by atoms with Gasteiger partial charge >= 0.3 is 0 Å². The molecule has 4 heteroatoms. The Kier molecular flexibility index (Phi) is 7.82. The average Bonchev–Trinajstić information content (AvgIpc) is 2.23. The molecule has 0 saturated carbocycles. The number of rotatable bonds is 2. The second-order valence-electron chi connectivity index (χ2n) is 3.35. The van der Waals surface area contributed by atoms with Crippen LogP contribution in [0.4, 0.5) is 0 Å². The summed E-state index contributed by atoms with van der Waals surface area (Å²) in [5.41, 5.74) is 1.30. The van der Waals surface area contributed by atoms with Gasteiger partial charge in [-0.05, 0) is 6.07 Å². The molecular formula is C12H14I2N2. The number of nitrogens with zero attached hydrogens (tertiary/aromatic N) is 2. The molecule has 0 saturated heterocycles. The zero-order chi connectivity index (χ0) is 9.80. The Bertz CT molecular complexity index is 418. The highest BCUT2D eigenvalue weighted by Crippen LogP contribution is 1.89. The topological polar surface area (TPSA) is 7.76 Å². The van der Waals surface area contributed by atoms with E-state index in [4.69, 9.17) is 0 Å². The van der Waals surface area contributed by atoms with Crippen molar-refractivity contribution in [3.05, 3.63) is 60.7 Å². The van der Waals surface area contributed by atoms with E-state index in [1.54, 1.807) is 0 Å². The van der Waals surface area contributed by atoms with Crippen molar-refractivity contribution in [2.24, 2.45) is 7.05 Å². The summed E-state index contributed by atoms with van der Waals surface area (Å²) in [6, 6.07) is 12.4. The van der Waals surface area contributed by atoms with Gasteiger partial charge in [0.15, 0.2) is 18.6 Å². The van der Waals surface area contributed by atoms with Crippen molar-refractivity contribution in [1.29, 1.82) is 0 Å². The van der Waals surface area contributed by atoms with Crippen LogP contribution in [0.25, 0.3) is 0 Å². The van der Waals surface area contributed by atoms with Gasteiger partial charge < -0.3 is 48.0 Å². The fourth-order valence-electron chi connectivity index (χ4n) is 1.45. The van der Waals surface area contributed by atoms with Crippen molar-refractivity contribution in [3.63, 3.8) is 0 Å². The molecule has 86 valence electrons. The SMILES string of the molecule is C[n+]1ccccc1C[n+]1ccccc1.[I-].[I-]. The molecule has 0 spiro atoms. The highest BCUT2D eigenvalue weighted by atomic mass is 127. The van der Waals surface area contributed by atoms with Gasteiger partial charge in [-0.15, -0.1) is 0 Å². The lowest BCUT2D eigenvalue weighted by atomic mass is 10.3. The summed E-state index contributed by atoms with van der Waals surface area (Å²) < 4.78 is 4.30. The molecule has 0 radical (unpaired) electrons. The maximum Gasteiger partial charge on any atom is 0.247 e. The third-order valence-electron chi connectivity index (χ3n) is 2.28. The zero-order valence-electron chi connectivity index (χ0n) is 9.05. The molecule has 2 heterocycles. The van der Waals surface area contributed by atoms with Gasteiger partial charge in [0.1, 0.15) is 7.05 Å². The van der Waals surface area contributed by atoms with Crippen LogP contribution in [0.15, 0.2) is 55.0 Å². The van der Waals surface area contributed by atoms with Crippen molar-refractivity contribution >= 4 is 0 Å². The van der Waals surface area contributed by atoms with Crippen LogP contribution in [-0.2, 0) is 13.6 Å². The lowest BCUT2D eigenvalue weighted by Gasteiger charge is -1.95. The third-order valence-corrected chi connectivity index (χ3v) is 2.28. The predicted molar refractivity (Wildman–Crippen MR) is 53.4 cm³/mol. The van der Waals surface area contributed by atoms with Gasteiger partial charge in [0.2, 0.25) is 12.2 Å². The van der Waals surface area contributed by atoms with Gasteiger partial charge in [-0.2, -0.15) is 9.13 Å². The van der Waals surface area contributed by atoms with E-state index in [-0.39, 0.29) is 48.0 Å². The predicted octanol–water partition coefficient (Wildman–Crippen LogP) is -5.15. The molecule has 16 heavy (non-hydrogen) atoms. The molecule has 0 aliphatic heterocycles. The molecule has 0 aliphatic rings. The van der Waals surface area contributed by atoms with Crippen molar-refractivity contribution < 1.29 is 57.1 Å². The summed E-state index contributed by atoms with van der Waals surface area (Å²) >= 11 is 0. The minimum absolute atomic E-state index is 0. The van der Waals surface area contributed by atoms with Gasteiger partial charge in [0.05, 0.1) is 0 Å². The van der Waals surface area contributed by atoms with E-state index < -0.39 is 0 Å². The van der Waals surface area contributed by atoms with E-state index in [2.05, 4.69) is 46.9 Å². The monoisotopic (exact) mass is 440 g/mol. The van der Waals surface area contributed by atoms with Crippen LogP contribution in [0.2, 0.25) is 0 Å². The molecule has 0 atom stereocenters. The summed E-state index contributed by atoms with van der Waals surface area (Å²) in [6.45, 7) is 0.915. The molecule has 2 aromatic rings. The molecule has 2 nitrogen and oxygen atoms in total. The Morgan fingerprint density at radius 2 is 1.50 bits per heavy atom. The lowest BCUT2D eigenvalue weighted by molar-refractivity contribution is -0.738. The van der Waals surface area contributed by atoms with Gasteiger partial charge in [0.25, 0.3) is 0 Å². The Morgan fingerprint density at radius 1 is 0.875 bits per heavy atom. The van der Waals surface area contributed by atoms with E-state index in [0.29, 0.717) is 0 Å². The molecule has 2 rings (SSSR count). The number of halogens is 2. The van der Waals surface area contributed by atoms with Gasteiger partial charge in [-0.3, -0.25) is 0 Å². The summed E-state index contributed by atoms with van der Waals surface area (Å²) in [5.74, 6) is 0. The number of aromatic nitrogens is 2. The van der Waals surface area contributed by atoms with Crippen LogP contribution in [0, 0.1) is 0 Å². The van der Waals surface area contributed by atoms with E-state index in [0.717, 1.165) is 6.54 Å². The van der Waals surface area contributed by atoms with Crippen molar-refractivity contribution in [2.75, 3.05) is 0 Å². The van der Waals surface area contributed by atoms with Crippen molar-refractivity contribution in [1.82, 2.24) is 0 Å². The Hall–Kier alpha value is -0.240. The number of pyridine rings is 2. The van der Waals surface area contributed by atoms with Crippen LogP contribution in [0.5, 0.6) is 0 Å². The van der Waals surface area contributed by atoms with Crippen LogP contribution >= 0.6 is 0 Å². The van der Waals surface area contributed by atoms with Gasteiger partial charge in [-0.1, -0.05) is 6.07 Å². The first-order valence-corrected chi connectivity index (χ1v) is 4.74. The highest BCUT2D eigenvalue weighted by molar-refractivity contribution is 4.95. The van der Waals surface area contributed by atoms with E-state index >= 15 is 0 Å². The average molecular weight is 440 g/mol. The molecule has 0 N–H and O–H groups in total. The van der Waals surface area contributed by atoms with E-state index in [1.165, 1.54) is 5.69 Å². The quantitative estimate of drug-likeness (QED) is 0.327. The minimum atomic E-state index is 0. The summed E-state index contributed by atoms with van der Waals surface area (Å²) in [4.78, 5) is 0. The maximum absolute atomic E-state index is 2.16. The van der Waals surface area contributed by atoms with E-state index in [9.17, 15) is 0 Å². The fraction of sp³-hybridized carbons (Fsp3) is 0.167. The molecule has 0 aliphatic carbocycles.